The van der Waals surface area contributed by atoms with Crippen LogP contribution in [0.25, 0.3) is 0 Å². The van der Waals surface area contributed by atoms with E-state index in [2.05, 4.69) is 43.2 Å². The molecule has 1 atom stereocenters. The topological polar surface area (TPSA) is 37.4 Å². The highest BCUT2D eigenvalue weighted by atomic mass is 16.5. The molecule has 0 aliphatic carbocycles. The van der Waals surface area contributed by atoms with Crippen LogP contribution in [0.4, 0.5) is 5.82 Å². The van der Waals surface area contributed by atoms with Gasteiger partial charge in [0, 0.05) is 25.9 Å². The van der Waals surface area contributed by atoms with E-state index in [-0.39, 0.29) is 0 Å². The number of ether oxygens (including phenoxy) is 1. The van der Waals surface area contributed by atoms with E-state index in [0.29, 0.717) is 6.04 Å². The number of anilines is 1. The van der Waals surface area contributed by atoms with E-state index in [1.807, 2.05) is 0 Å². The van der Waals surface area contributed by atoms with Crippen LogP contribution >= 0.6 is 0 Å². The second-order valence-corrected chi connectivity index (χ2v) is 5.88. The first-order chi connectivity index (χ1) is 10.2. The molecule has 4 heteroatoms. The summed E-state index contributed by atoms with van der Waals surface area (Å²) < 4.78 is 5.51. The van der Waals surface area contributed by atoms with Gasteiger partial charge in [-0.15, -0.1) is 0 Å². The van der Waals surface area contributed by atoms with Crippen molar-refractivity contribution in [3.05, 3.63) is 23.4 Å². The highest BCUT2D eigenvalue weighted by Gasteiger charge is 2.21. The molecule has 0 spiro atoms. The maximum absolute atomic E-state index is 5.51. The number of hydrogen-bond acceptors (Lipinski definition) is 4. The van der Waals surface area contributed by atoms with Crippen LogP contribution in [0.2, 0.25) is 0 Å². The number of rotatable bonds is 8. The Hall–Kier alpha value is -1.13. The molecule has 1 fully saturated rings. The largest absolute Gasteiger partial charge is 0.379 e. The zero-order chi connectivity index (χ0) is 15.1. The Balaban J connectivity index is 2.13. The average Bonchev–Trinajstić information content (AvgIpc) is 3.01. The minimum absolute atomic E-state index is 0.464. The zero-order valence-corrected chi connectivity index (χ0v) is 13.7. The Morgan fingerprint density at radius 3 is 2.86 bits per heavy atom. The lowest BCUT2D eigenvalue weighted by Gasteiger charge is -2.25. The van der Waals surface area contributed by atoms with Gasteiger partial charge in [0.05, 0.1) is 12.6 Å². The molecule has 0 saturated carbocycles. The van der Waals surface area contributed by atoms with Gasteiger partial charge in [-0.1, -0.05) is 20.3 Å². The lowest BCUT2D eigenvalue weighted by Crippen LogP contribution is -2.32. The molecule has 1 saturated heterocycles. The third-order valence-electron chi connectivity index (χ3n) is 4.00. The highest BCUT2D eigenvalue weighted by molar-refractivity contribution is 5.43. The van der Waals surface area contributed by atoms with Gasteiger partial charge < -0.3 is 15.0 Å². The summed E-state index contributed by atoms with van der Waals surface area (Å²) in [6, 6.07) is 4.93. The molecule has 0 bridgehead atoms. The average molecular weight is 291 g/mol. The summed E-state index contributed by atoms with van der Waals surface area (Å²) in [6.07, 6.45) is 4.44. The van der Waals surface area contributed by atoms with Crippen molar-refractivity contribution in [2.75, 3.05) is 31.7 Å². The van der Waals surface area contributed by atoms with Crippen LogP contribution in [-0.2, 0) is 17.7 Å². The van der Waals surface area contributed by atoms with Crippen LogP contribution in [0.3, 0.4) is 0 Å². The first-order valence-electron chi connectivity index (χ1n) is 8.25. The van der Waals surface area contributed by atoms with Gasteiger partial charge in [-0.25, -0.2) is 4.98 Å². The third-order valence-corrected chi connectivity index (χ3v) is 4.00. The van der Waals surface area contributed by atoms with Crippen LogP contribution in [0, 0.1) is 0 Å². The molecule has 0 aromatic carbocycles. The molecule has 118 valence electrons. The smallest absolute Gasteiger partial charge is 0.129 e. The summed E-state index contributed by atoms with van der Waals surface area (Å²) in [5.41, 5.74) is 2.54. The van der Waals surface area contributed by atoms with E-state index < -0.39 is 0 Å². The van der Waals surface area contributed by atoms with Crippen molar-refractivity contribution in [1.29, 1.82) is 0 Å². The number of aryl methyl sites for hydroxylation is 1. The van der Waals surface area contributed by atoms with Crippen molar-refractivity contribution in [3.8, 4) is 0 Å². The van der Waals surface area contributed by atoms with E-state index in [1.54, 1.807) is 0 Å². The molecule has 2 rings (SSSR count). The lowest BCUT2D eigenvalue weighted by atomic mass is 10.1. The van der Waals surface area contributed by atoms with Gasteiger partial charge in [0.25, 0.3) is 0 Å². The quantitative estimate of drug-likeness (QED) is 0.747. The summed E-state index contributed by atoms with van der Waals surface area (Å²) in [4.78, 5) is 7.13. The molecule has 1 aromatic rings. The summed E-state index contributed by atoms with van der Waals surface area (Å²) >= 11 is 0. The Kier molecular flexibility index (Phi) is 6.46. The second-order valence-electron chi connectivity index (χ2n) is 5.88. The van der Waals surface area contributed by atoms with Crippen molar-refractivity contribution >= 4 is 5.82 Å². The predicted octanol–water partition coefficient (Wildman–Crippen LogP) is 2.76. The van der Waals surface area contributed by atoms with E-state index in [0.717, 1.165) is 51.4 Å². The standard InChI is InChI=1S/C17H29N3O/c1-4-6-15-10-14(12-18-8-5-2)11-17(19-15)20(3)16-7-9-21-13-16/h10-11,16,18H,4-9,12-13H2,1-3H3. The molecule has 4 nitrogen and oxygen atoms in total. The maximum Gasteiger partial charge on any atom is 0.129 e. The van der Waals surface area contributed by atoms with E-state index >= 15 is 0 Å². The van der Waals surface area contributed by atoms with Crippen molar-refractivity contribution < 1.29 is 4.74 Å². The second kappa shape index (κ2) is 8.35. The Morgan fingerprint density at radius 2 is 2.19 bits per heavy atom. The van der Waals surface area contributed by atoms with E-state index in [9.17, 15) is 0 Å². The Labute approximate surface area is 128 Å². The van der Waals surface area contributed by atoms with E-state index in [1.165, 1.54) is 17.7 Å². The van der Waals surface area contributed by atoms with Gasteiger partial charge in [0.15, 0.2) is 0 Å². The minimum atomic E-state index is 0.464. The fraction of sp³-hybridized carbons (Fsp3) is 0.706. The van der Waals surface area contributed by atoms with E-state index in [4.69, 9.17) is 9.72 Å². The van der Waals surface area contributed by atoms with Gasteiger partial charge in [0.2, 0.25) is 0 Å². The minimum Gasteiger partial charge on any atom is -0.379 e. The fourth-order valence-electron chi connectivity index (χ4n) is 2.72. The number of pyridine rings is 1. The van der Waals surface area contributed by atoms with Gasteiger partial charge in [-0.3, -0.25) is 0 Å². The predicted molar refractivity (Wildman–Crippen MR) is 87.9 cm³/mol. The lowest BCUT2D eigenvalue weighted by molar-refractivity contribution is 0.193. The van der Waals surface area contributed by atoms with Crippen LogP contribution in [0.5, 0.6) is 0 Å². The monoisotopic (exact) mass is 291 g/mol. The number of nitrogens with zero attached hydrogens (tertiary/aromatic N) is 2. The molecule has 1 unspecified atom stereocenters. The number of nitrogens with one attached hydrogen (secondary N) is 1. The summed E-state index contributed by atoms with van der Waals surface area (Å²) in [7, 11) is 2.14. The SMILES string of the molecule is CCCNCc1cc(CCC)nc(N(C)C2CCOC2)c1. The van der Waals surface area contributed by atoms with Crippen molar-refractivity contribution in [2.45, 2.75) is 52.1 Å². The van der Waals surface area contributed by atoms with Crippen molar-refractivity contribution in [2.24, 2.45) is 0 Å². The fourth-order valence-corrected chi connectivity index (χ4v) is 2.72. The number of aromatic nitrogens is 1. The van der Waals surface area contributed by atoms with Crippen LogP contribution in [-0.4, -0.2) is 37.8 Å². The van der Waals surface area contributed by atoms with Crippen LogP contribution in [0.1, 0.15) is 44.4 Å². The molecular formula is C17H29N3O. The van der Waals surface area contributed by atoms with Gasteiger partial charge >= 0.3 is 0 Å². The number of hydrogen-bond donors (Lipinski definition) is 1. The molecule has 21 heavy (non-hydrogen) atoms. The first-order valence-corrected chi connectivity index (χ1v) is 8.25. The Bertz CT molecular complexity index is 430. The maximum atomic E-state index is 5.51. The summed E-state index contributed by atoms with van der Waals surface area (Å²) in [6.45, 7) is 8.08. The molecule has 1 aliphatic rings. The summed E-state index contributed by atoms with van der Waals surface area (Å²) in [5.74, 6) is 1.09. The molecular weight excluding hydrogens is 262 g/mol. The van der Waals surface area contributed by atoms with Gasteiger partial charge in [-0.2, -0.15) is 0 Å². The molecule has 1 N–H and O–H groups in total. The van der Waals surface area contributed by atoms with Crippen molar-refractivity contribution in [3.63, 3.8) is 0 Å². The zero-order valence-electron chi connectivity index (χ0n) is 13.7. The molecule has 0 amide bonds. The van der Waals surface area contributed by atoms with Crippen LogP contribution in [0.15, 0.2) is 12.1 Å². The Morgan fingerprint density at radius 1 is 1.33 bits per heavy atom. The van der Waals surface area contributed by atoms with Crippen molar-refractivity contribution in [1.82, 2.24) is 10.3 Å². The molecule has 0 radical (unpaired) electrons. The highest BCUT2D eigenvalue weighted by Crippen LogP contribution is 2.21. The summed E-state index contributed by atoms with van der Waals surface area (Å²) in [5, 5.41) is 3.49. The van der Waals surface area contributed by atoms with Crippen LogP contribution < -0.4 is 10.2 Å². The normalized spacial score (nSPS) is 18.1. The van der Waals surface area contributed by atoms with Gasteiger partial charge in [0.1, 0.15) is 5.82 Å². The molecule has 1 aliphatic heterocycles. The van der Waals surface area contributed by atoms with Gasteiger partial charge in [-0.05, 0) is 43.5 Å². The molecule has 1 aromatic heterocycles. The third kappa shape index (κ3) is 4.68. The number of likely N-dealkylation sites (N-methyl/N-ethyl adjacent to an activating group) is 1. The molecule has 2 heterocycles. The first kappa shape index (κ1) is 16.2.